The van der Waals surface area contributed by atoms with Crippen LogP contribution >= 0.6 is 0 Å². The van der Waals surface area contributed by atoms with Gasteiger partial charge >= 0.3 is 0 Å². The maximum Gasteiger partial charge on any atom is 0.221 e. The summed E-state index contributed by atoms with van der Waals surface area (Å²) in [5.74, 6) is 2.77. The van der Waals surface area contributed by atoms with Crippen LogP contribution < -0.4 is 10.6 Å². The largest absolute Gasteiger partial charge is 0.368 e. The fourth-order valence-electron chi connectivity index (χ4n) is 2.39. The molecule has 1 aliphatic rings. The minimum atomic E-state index is 0.360. The molecule has 1 aliphatic heterocycles. The highest BCUT2D eigenvalue weighted by Crippen LogP contribution is 2.24. The van der Waals surface area contributed by atoms with E-state index < -0.39 is 0 Å². The van der Waals surface area contributed by atoms with Crippen LogP contribution in [-0.4, -0.2) is 23.1 Å². The number of nitrogens with two attached hydrogens (primary N) is 1. The molecule has 82 valence electrons. The number of hydrogen-bond acceptors (Lipinski definition) is 4. The fraction of sp³-hybridized carbons (Fsp3) is 0.636. The van der Waals surface area contributed by atoms with E-state index in [0.717, 1.165) is 30.7 Å². The monoisotopic (exact) mass is 206 g/mol. The Balaban J connectivity index is 2.16. The van der Waals surface area contributed by atoms with Crippen molar-refractivity contribution in [1.29, 1.82) is 0 Å². The average molecular weight is 206 g/mol. The lowest BCUT2D eigenvalue weighted by Crippen LogP contribution is -2.39. The van der Waals surface area contributed by atoms with Gasteiger partial charge in [-0.1, -0.05) is 13.8 Å². The zero-order valence-electron chi connectivity index (χ0n) is 9.35. The van der Waals surface area contributed by atoms with Crippen molar-refractivity contribution in [2.75, 3.05) is 23.7 Å². The first-order chi connectivity index (χ1) is 7.15. The minimum Gasteiger partial charge on any atom is -0.368 e. The van der Waals surface area contributed by atoms with Gasteiger partial charge in [-0.05, 0) is 24.3 Å². The SMILES string of the molecule is CC1CC(C)CN(c2ccnc(N)n2)C1. The lowest BCUT2D eigenvalue weighted by atomic mass is 9.92. The van der Waals surface area contributed by atoms with Crippen molar-refractivity contribution in [2.45, 2.75) is 20.3 Å². The lowest BCUT2D eigenvalue weighted by Gasteiger charge is -2.35. The number of anilines is 2. The Hall–Kier alpha value is -1.32. The van der Waals surface area contributed by atoms with Gasteiger partial charge in [-0.25, -0.2) is 4.98 Å². The van der Waals surface area contributed by atoms with E-state index in [1.807, 2.05) is 6.07 Å². The van der Waals surface area contributed by atoms with Gasteiger partial charge < -0.3 is 10.6 Å². The molecule has 2 atom stereocenters. The Morgan fingerprint density at radius 2 is 2.00 bits per heavy atom. The van der Waals surface area contributed by atoms with Crippen molar-refractivity contribution < 1.29 is 0 Å². The summed E-state index contributed by atoms with van der Waals surface area (Å²) in [6, 6.07) is 1.93. The first kappa shape index (κ1) is 10.2. The molecule has 0 bridgehead atoms. The lowest BCUT2D eigenvalue weighted by molar-refractivity contribution is 0.355. The maximum absolute atomic E-state index is 5.59. The van der Waals surface area contributed by atoms with Gasteiger partial charge in [0, 0.05) is 19.3 Å². The summed E-state index contributed by atoms with van der Waals surface area (Å²) in [5.41, 5.74) is 5.59. The van der Waals surface area contributed by atoms with Crippen molar-refractivity contribution >= 4 is 11.8 Å². The number of nitrogens with zero attached hydrogens (tertiary/aromatic N) is 3. The topological polar surface area (TPSA) is 55.0 Å². The predicted molar refractivity (Wildman–Crippen MR) is 61.6 cm³/mol. The van der Waals surface area contributed by atoms with Gasteiger partial charge in [0.05, 0.1) is 0 Å². The number of aromatic nitrogens is 2. The predicted octanol–water partition coefficient (Wildman–Crippen LogP) is 1.54. The molecule has 2 N–H and O–H groups in total. The quantitative estimate of drug-likeness (QED) is 0.757. The number of rotatable bonds is 1. The summed E-state index contributed by atoms with van der Waals surface area (Å²) < 4.78 is 0. The van der Waals surface area contributed by atoms with Crippen LogP contribution in [0.1, 0.15) is 20.3 Å². The normalized spacial score (nSPS) is 26.7. The highest BCUT2D eigenvalue weighted by atomic mass is 15.2. The van der Waals surface area contributed by atoms with Crippen LogP contribution in [0.3, 0.4) is 0 Å². The summed E-state index contributed by atoms with van der Waals surface area (Å²) >= 11 is 0. The Bertz CT molecular complexity index is 329. The Morgan fingerprint density at radius 3 is 2.60 bits per heavy atom. The Labute approximate surface area is 90.5 Å². The van der Waals surface area contributed by atoms with E-state index in [9.17, 15) is 0 Å². The van der Waals surface area contributed by atoms with Gasteiger partial charge in [0.15, 0.2) is 0 Å². The minimum absolute atomic E-state index is 0.360. The molecular formula is C11H18N4. The van der Waals surface area contributed by atoms with Gasteiger partial charge in [0.25, 0.3) is 0 Å². The van der Waals surface area contributed by atoms with Crippen molar-refractivity contribution in [3.63, 3.8) is 0 Å². The molecule has 1 aromatic rings. The second-order valence-electron chi connectivity index (χ2n) is 4.62. The van der Waals surface area contributed by atoms with E-state index in [2.05, 4.69) is 28.7 Å². The standard InChI is InChI=1S/C11H18N4/c1-8-5-9(2)7-15(6-8)10-3-4-13-11(12)14-10/h3-4,8-9H,5-7H2,1-2H3,(H2,12,13,14). The van der Waals surface area contributed by atoms with E-state index in [4.69, 9.17) is 5.73 Å². The molecule has 2 rings (SSSR count). The van der Waals surface area contributed by atoms with Crippen LogP contribution in [0.5, 0.6) is 0 Å². The number of nitrogen functional groups attached to an aromatic ring is 1. The second kappa shape index (κ2) is 4.04. The first-order valence-electron chi connectivity index (χ1n) is 5.48. The van der Waals surface area contributed by atoms with Crippen molar-refractivity contribution in [3.8, 4) is 0 Å². The van der Waals surface area contributed by atoms with Crippen LogP contribution in [0.25, 0.3) is 0 Å². The molecular weight excluding hydrogens is 188 g/mol. The molecule has 4 nitrogen and oxygen atoms in total. The summed E-state index contributed by atoms with van der Waals surface area (Å²) in [6.07, 6.45) is 3.03. The van der Waals surface area contributed by atoms with Crippen molar-refractivity contribution in [1.82, 2.24) is 9.97 Å². The number of hydrogen-bond donors (Lipinski definition) is 1. The molecule has 1 saturated heterocycles. The molecule has 1 fully saturated rings. The zero-order valence-corrected chi connectivity index (χ0v) is 9.35. The summed E-state index contributed by atoms with van der Waals surface area (Å²) in [4.78, 5) is 10.5. The van der Waals surface area contributed by atoms with Gasteiger partial charge in [0.2, 0.25) is 5.95 Å². The first-order valence-corrected chi connectivity index (χ1v) is 5.48. The van der Waals surface area contributed by atoms with Gasteiger partial charge in [-0.2, -0.15) is 4.98 Å². The molecule has 0 amide bonds. The van der Waals surface area contributed by atoms with Crippen molar-refractivity contribution in [2.24, 2.45) is 11.8 Å². The second-order valence-corrected chi connectivity index (χ2v) is 4.62. The molecule has 0 saturated carbocycles. The molecule has 0 radical (unpaired) electrons. The Kier molecular flexibility index (Phi) is 2.75. The van der Waals surface area contributed by atoms with Crippen LogP contribution in [0.2, 0.25) is 0 Å². The average Bonchev–Trinajstić information content (AvgIpc) is 2.16. The number of piperidine rings is 1. The fourth-order valence-corrected chi connectivity index (χ4v) is 2.39. The van der Waals surface area contributed by atoms with Gasteiger partial charge in [-0.15, -0.1) is 0 Å². The highest BCUT2D eigenvalue weighted by molar-refractivity contribution is 5.41. The van der Waals surface area contributed by atoms with Crippen LogP contribution in [0, 0.1) is 11.8 Å². The smallest absolute Gasteiger partial charge is 0.221 e. The molecule has 2 heterocycles. The zero-order chi connectivity index (χ0) is 10.8. The maximum atomic E-state index is 5.59. The third-order valence-corrected chi connectivity index (χ3v) is 2.85. The molecule has 1 aromatic heterocycles. The molecule has 0 aromatic carbocycles. The van der Waals surface area contributed by atoms with E-state index >= 15 is 0 Å². The van der Waals surface area contributed by atoms with Crippen LogP contribution in [0.15, 0.2) is 12.3 Å². The molecule has 4 heteroatoms. The highest BCUT2D eigenvalue weighted by Gasteiger charge is 2.22. The van der Waals surface area contributed by atoms with E-state index in [1.54, 1.807) is 6.20 Å². The van der Waals surface area contributed by atoms with E-state index in [0.29, 0.717) is 5.95 Å². The third-order valence-electron chi connectivity index (χ3n) is 2.85. The Morgan fingerprint density at radius 1 is 1.33 bits per heavy atom. The van der Waals surface area contributed by atoms with Gasteiger partial charge in [0.1, 0.15) is 5.82 Å². The van der Waals surface area contributed by atoms with Crippen LogP contribution in [-0.2, 0) is 0 Å². The molecule has 0 aliphatic carbocycles. The summed E-state index contributed by atoms with van der Waals surface area (Å²) in [6.45, 7) is 6.71. The molecule has 0 spiro atoms. The summed E-state index contributed by atoms with van der Waals surface area (Å²) in [5, 5.41) is 0. The van der Waals surface area contributed by atoms with Crippen molar-refractivity contribution in [3.05, 3.63) is 12.3 Å². The van der Waals surface area contributed by atoms with E-state index in [1.165, 1.54) is 6.42 Å². The molecule has 2 unspecified atom stereocenters. The third kappa shape index (κ3) is 2.37. The summed E-state index contributed by atoms with van der Waals surface area (Å²) in [7, 11) is 0. The van der Waals surface area contributed by atoms with Crippen LogP contribution in [0.4, 0.5) is 11.8 Å². The molecule has 15 heavy (non-hydrogen) atoms. The van der Waals surface area contributed by atoms with E-state index in [-0.39, 0.29) is 0 Å². The van der Waals surface area contributed by atoms with Gasteiger partial charge in [-0.3, -0.25) is 0 Å².